The lowest BCUT2D eigenvalue weighted by molar-refractivity contribution is -0.146. The van der Waals surface area contributed by atoms with Gasteiger partial charge in [0.05, 0.1) is 24.8 Å². The molecule has 2 atom stereocenters. The van der Waals surface area contributed by atoms with E-state index in [9.17, 15) is 18.4 Å². The van der Waals surface area contributed by atoms with Crippen LogP contribution in [0.15, 0.2) is 60.8 Å². The minimum atomic E-state index is -0.971. The number of methoxy groups -OCH3 is 1. The van der Waals surface area contributed by atoms with Crippen molar-refractivity contribution in [2.75, 3.05) is 7.11 Å². The predicted octanol–water partition coefficient (Wildman–Crippen LogP) is 4.32. The Hall–Kier alpha value is -4.27. The van der Waals surface area contributed by atoms with Gasteiger partial charge in [-0.15, -0.1) is 0 Å². The Bertz CT molecular complexity index is 1480. The van der Waals surface area contributed by atoms with Crippen LogP contribution in [-0.2, 0) is 22.6 Å². The monoisotopic (exact) mass is 491 g/mol. The van der Waals surface area contributed by atoms with E-state index in [2.05, 4.69) is 10.3 Å². The van der Waals surface area contributed by atoms with E-state index in [1.807, 2.05) is 24.3 Å². The molecule has 4 aromatic rings. The van der Waals surface area contributed by atoms with Crippen LogP contribution < -0.4 is 10.1 Å². The molecule has 0 fully saturated rings. The molecule has 1 N–H and O–H groups in total. The summed E-state index contributed by atoms with van der Waals surface area (Å²) < 4.78 is 39.9. The lowest BCUT2D eigenvalue weighted by Gasteiger charge is -2.20. The van der Waals surface area contributed by atoms with Crippen molar-refractivity contribution in [3.05, 3.63) is 101 Å². The third kappa shape index (κ3) is 4.06. The zero-order valence-electron chi connectivity index (χ0n) is 19.6. The Balaban J connectivity index is 1.44. The summed E-state index contributed by atoms with van der Waals surface area (Å²) in [6.45, 7) is 1.48. The number of rotatable bonds is 6. The molecule has 0 unspecified atom stereocenters. The first-order valence-electron chi connectivity index (χ1n) is 11.4. The Kier molecular flexibility index (Phi) is 6.13. The molecule has 1 amide bonds. The maximum Gasteiger partial charge on any atom is 0.311 e. The van der Waals surface area contributed by atoms with Gasteiger partial charge >= 0.3 is 5.97 Å². The van der Waals surface area contributed by atoms with Gasteiger partial charge in [0.15, 0.2) is 23.0 Å². The van der Waals surface area contributed by atoms with E-state index >= 15 is 0 Å². The number of carbonyl (C=O) groups is 2. The molecule has 0 radical (unpaired) electrons. The number of esters is 1. The van der Waals surface area contributed by atoms with E-state index in [0.717, 1.165) is 17.2 Å². The molecule has 0 aliphatic heterocycles. The van der Waals surface area contributed by atoms with E-state index in [0.29, 0.717) is 23.5 Å². The number of fused-ring (bicyclic) bond motifs is 2. The smallest absolute Gasteiger partial charge is 0.311 e. The molecule has 2 heterocycles. The molecule has 1 aliphatic carbocycles. The average molecular weight is 491 g/mol. The summed E-state index contributed by atoms with van der Waals surface area (Å²) in [6, 6.07) is 14.2. The molecule has 2 aromatic heterocycles. The van der Waals surface area contributed by atoms with Crippen LogP contribution in [0.25, 0.3) is 5.65 Å². The van der Waals surface area contributed by atoms with Gasteiger partial charge < -0.3 is 14.8 Å². The maximum absolute atomic E-state index is 14.0. The quantitative estimate of drug-likeness (QED) is 0.407. The number of halogens is 2. The lowest BCUT2D eigenvalue weighted by atomic mass is 10.0. The number of hydrogen-bond donors (Lipinski definition) is 1. The largest absolute Gasteiger partial charge is 0.485 e. The summed E-state index contributed by atoms with van der Waals surface area (Å²) in [7, 11) is 1.33. The molecule has 5 rings (SSSR count). The Morgan fingerprint density at radius 2 is 1.92 bits per heavy atom. The van der Waals surface area contributed by atoms with Gasteiger partial charge in [-0.2, -0.15) is 0 Å². The minimum Gasteiger partial charge on any atom is -0.485 e. The third-order valence-electron chi connectivity index (χ3n) is 6.44. The van der Waals surface area contributed by atoms with Crippen LogP contribution in [0.3, 0.4) is 0 Å². The van der Waals surface area contributed by atoms with Gasteiger partial charge in [-0.3, -0.25) is 14.0 Å². The number of amides is 1. The van der Waals surface area contributed by atoms with Crippen molar-refractivity contribution in [2.24, 2.45) is 5.92 Å². The number of nitrogens with one attached hydrogen (secondary N) is 1. The van der Waals surface area contributed by atoms with Crippen LogP contribution in [0.2, 0.25) is 0 Å². The normalized spacial score (nSPS) is 16.6. The fourth-order valence-corrected chi connectivity index (χ4v) is 4.71. The SMILES string of the molecule is COC(=O)[C@@H]1Cc2ccccc2[C@H]1NC(=O)c1c(C)nc2c(OCc3cccc(F)c3F)cccn12. The van der Waals surface area contributed by atoms with Crippen LogP contribution in [0, 0.1) is 24.5 Å². The van der Waals surface area contributed by atoms with Gasteiger partial charge in [-0.25, -0.2) is 13.8 Å². The molecule has 1 aliphatic rings. The van der Waals surface area contributed by atoms with E-state index in [4.69, 9.17) is 9.47 Å². The number of hydrogen-bond acceptors (Lipinski definition) is 5. The number of aromatic nitrogens is 2. The first-order valence-corrected chi connectivity index (χ1v) is 11.4. The summed E-state index contributed by atoms with van der Waals surface area (Å²) in [5, 5.41) is 2.99. The molecule has 0 bridgehead atoms. The van der Waals surface area contributed by atoms with Crippen molar-refractivity contribution < 1.29 is 27.8 Å². The second-order valence-corrected chi connectivity index (χ2v) is 8.60. The summed E-state index contributed by atoms with van der Waals surface area (Å²) in [5.74, 6) is -2.97. The third-order valence-corrected chi connectivity index (χ3v) is 6.44. The lowest BCUT2D eigenvalue weighted by Crippen LogP contribution is -2.35. The van der Waals surface area contributed by atoms with Crippen molar-refractivity contribution in [1.82, 2.24) is 14.7 Å². The van der Waals surface area contributed by atoms with E-state index < -0.39 is 35.5 Å². The van der Waals surface area contributed by atoms with Crippen LogP contribution in [0.4, 0.5) is 8.78 Å². The van der Waals surface area contributed by atoms with Gasteiger partial charge in [0.25, 0.3) is 5.91 Å². The average Bonchev–Trinajstić information content (AvgIpc) is 3.41. The molecule has 7 nitrogen and oxygen atoms in total. The zero-order chi connectivity index (χ0) is 25.4. The number of nitrogens with zero attached hydrogens (tertiary/aromatic N) is 2. The highest BCUT2D eigenvalue weighted by Gasteiger charge is 2.39. The van der Waals surface area contributed by atoms with E-state index in [1.54, 1.807) is 29.7 Å². The minimum absolute atomic E-state index is 0.0620. The fraction of sp³-hybridized carbons (Fsp3) is 0.222. The van der Waals surface area contributed by atoms with Crippen LogP contribution in [0.5, 0.6) is 5.75 Å². The molecule has 0 saturated heterocycles. The molecule has 184 valence electrons. The first kappa shape index (κ1) is 23.5. The number of aryl methyl sites for hydroxylation is 1. The second-order valence-electron chi connectivity index (χ2n) is 8.60. The Morgan fingerprint density at radius 1 is 1.11 bits per heavy atom. The molecule has 36 heavy (non-hydrogen) atoms. The van der Waals surface area contributed by atoms with Crippen molar-refractivity contribution in [2.45, 2.75) is 26.0 Å². The topological polar surface area (TPSA) is 81.9 Å². The van der Waals surface area contributed by atoms with Gasteiger partial charge in [-0.05, 0) is 42.7 Å². The van der Waals surface area contributed by atoms with Crippen LogP contribution in [0.1, 0.15) is 38.9 Å². The van der Waals surface area contributed by atoms with Crippen molar-refractivity contribution in [3.8, 4) is 5.75 Å². The second kappa shape index (κ2) is 9.41. The number of benzene rings is 2. The van der Waals surface area contributed by atoms with Gasteiger partial charge in [0.2, 0.25) is 0 Å². The molecular formula is C27H23F2N3O4. The Labute approximate surface area is 205 Å². The Morgan fingerprint density at radius 3 is 2.72 bits per heavy atom. The highest BCUT2D eigenvalue weighted by Crippen LogP contribution is 2.37. The van der Waals surface area contributed by atoms with Crippen LogP contribution in [-0.4, -0.2) is 28.4 Å². The molecule has 0 spiro atoms. The fourth-order valence-electron chi connectivity index (χ4n) is 4.71. The van der Waals surface area contributed by atoms with Gasteiger partial charge in [0.1, 0.15) is 12.3 Å². The number of imidazole rings is 1. The van der Waals surface area contributed by atoms with Gasteiger partial charge in [0, 0.05) is 11.8 Å². The summed E-state index contributed by atoms with van der Waals surface area (Å²) in [4.78, 5) is 30.4. The zero-order valence-corrected chi connectivity index (χ0v) is 19.6. The van der Waals surface area contributed by atoms with Crippen molar-refractivity contribution >= 4 is 17.5 Å². The predicted molar refractivity (Wildman–Crippen MR) is 126 cm³/mol. The number of ether oxygens (including phenoxy) is 2. The molecular weight excluding hydrogens is 468 g/mol. The van der Waals surface area contributed by atoms with Crippen molar-refractivity contribution in [1.29, 1.82) is 0 Å². The van der Waals surface area contributed by atoms with E-state index in [-0.39, 0.29) is 17.9 Å². The molecule has 9 heteroatoms. The molecule has 2 aromatic carbocycles. The highest BCUT2D eigenvalue weighted by atomic mass is 19.2. The molecule has 0 saturated carbocycles. The summed E-state index contributed by atoms with van der Waals surface area (Å²) >= 11 is 0. The van der Waals surface area contributed by atoms with Crippen molar-refractivity contribution in [3.63, 3.8) is 0 Å². The number of pyridine rings is 1. The maximum atomic E-state index is 14.0. The highest BCUT2D eigenvalue weighted by molar-refractivity contribution is 5.95. The van der Waals surface area contributed by atoms with E-state index in [1.165, 1.54) is 19.2 Å². The summed E-state index contributed by atoms with van der Waals surface area (Å²) in [5.41, 5.74) is 2.99. The first-order chi connectivity index (χ1) is 17.4. The summed E-state index contributed by atoms with van der Waals surface area (Å²) in [6.07, 6.45) is 2.13. The standard InChI is InChI=1S/C27H23F2N3O4/c1-15-24(26(33)31-23-18-9-4-3-7-16(18)13-19(23)27(34)35-2)32-12-6-11-21(25(32)30-15)36-14-17-8-5-10-20(28)22(17)29/h3-12,19,23H,13-14H2,1-2H3,(H,31,33)/t19-,23-/m1/s1. The van der Waals surface area contributed by atoms with Crippen LogP contribution >= 0.6 is 0 Å². The number of carbonyl (C=O) groups excluding carboxylic acids is 2. The van der Waals surface area contributed by atoms with Gasteiger partial charge in [-0.1, -0.05) is 36.4 Å².